The molecule has 0 radical (unpaired) electrons. The number of nitrogens with zero attached hydrogens (tertiary/aromatic N) is 2. The van der Waals surface area contributed by atoms with E-state index in [0.29, 0.717) is 11.3 Å². The van der Waals surface area contributed by atoms with Crippen LogP contribution in [0.1, 0.15) is 20.7 Å². The van der Waals surface area contributed by atoms with Crippen molar-refractivity contribution in [2.24, 2.45) is 0 Å². The second-order valence-electron chi connectivity index (χ2n) is 6.13. The topological polar surface area (TPSA) is 122 Å². The van der Waals surface area contributed by atoms with Crippen LogP contribution in [0.15, 0.2) is 36.4 Å². The molecule has 146 valence electrons. The quantitative estimate of drug-likeness (QED) is 0.550. The number of esters is 1. The summed E-state index contributed by atoms with van der Waals surface area (Å²) < 4.78 is 4.61. The fourth-order valence-electron chi connectivity index (χ4n) is 2.12. The average molecular weight is 374 g/mol. The van der Waals surface area contributed by atoms with E-state index in [2.05, 4.69) is 4.74 Å². The Balaban J connectivity index is 0.000000271. The first-order chi connectivity index (χ1) is 12.6. The highest BCUT2D eigenvalue weighted by atomic mass is 16.5. The van der Waals surface area contributed by atoms with Crippen molar-refractivity contribution < 1.29 is 19.4 Å². The van der Waals surface area contributed by atoms with E-state index in [1.54, 1.807) is 30.3 Å². The van der Waals surface area contributed by atoms with Gasteiger partial charge in [-0.3, -0.25) is 0 Å². The number of carbonyl (C=O) groups is 2. The third kappa shape index (κ3) is 5.81. The third-order valence-electron chi connectivity index (χ3n) is 3.74. The smallest absolute Gasteiger partial charge is 0.340 e. The molecule has 2 rings (SSSR count). The first-order valence-corrected chi connectivity index (χ1v) is 8.03. The monoisotopic (exact) mass is 374 g/mol. The largest absolute Gasteiger partial charge is 0.478 e. The summed E-state index contributed by atoms with van der Waals surface area (Å²) in [5, 5.41) is 8.77. The Kier molecular flexibility index (Phi) is 7.47. The number of rotatable bonds is 4. The van der Waals surface area contributed by atoms with Crippen LogP contribution in [-0.4, -0.2) is 52.3 Å². The van der Waals surface area contributed by atoms with Gasteiger partial charge in [0, 0.05) is 50.9 Å². The Morgan fingerprint density at radius 1 is 0.852 bits per heavy atom. The molecule has 0 aliphatic rings. The van der Waals surface area contributed by atoms with Gasteiger partial charge in [-0.2, -0.15) is 0 Å². The van der Waals surface area contributed by atoms with E-state index in [-0.39, 0.29) is 11.3 Å². The van der Waals surface area contributed by atoms with Crippen LogP contribution in [-0.2, 0) is 4.74 Å². The van der Waals surface area contributed by atoms with E-state index in [1.165, 1.54) is 7.11 Å². The SMILES string of the molecule is CN(C)c1ccc(N)c(C(=O)O)c1.COC(=O)c1cc(N(C)C)ccc1N. The number of methoxy groups -OCH3 is 1. The Morgan fingerprint density at radius 3 is 1.63 bits per heavy atom. The number of ether oxygens (including phenoxy) is 1. The normalized spacial score (nSPS) is 9.67. The number of carboxylic acid groups (broad SMARTS) is 1. The van der Waals surface area contributed by atoms with Crippen molar-refractivity contribution in [3.8, 4) is 0 Å². The summed E-state index contributed by atoms with van der Waals surface area (Å²) in [4.78, 5) is 25.7. The van der Waals surface area contributed by atoms with Gasteiger partial charge in [0.25, 0.3) is 0 Å². The van der Waals surface area contributed by atoms with Crippen molar-refractivity contribution >= 4 is 34.7 Å². The maximum Gasteiger partial charge on any atom is 0.340 e. The molecule has 2 aromatic carbocycles. The molecule has 0 atom stereocenters. The highest BCUT2D eigenvalue weighted by Crippen LogP contribution is 2.20. The Bertz CT molecular complexity index is 819. The van der Waals surface area contributed by atoms with Crippen LogP contribution >= 0.6 is 0 Å². The van der Waals surface area contributed by atoms with Gasteiger partial charge in [-0.05, 0) is 36.4 Å². The first kappa shape index (κ1) is 21.6. The summed E-state index contributed by atoms with van der Waals surface area (Å²) in [6, 6.07) is 10.2. The van der Waals surface area contributed by atoms with Crippen LogP contribution in [0.2, 0.25) is 0 Å². The predicted molar refractivity (Wildman–Crippen MR) is 109 cm³/mol. The second kappa shape index (κ2) is 9.33. The second-order valence-corrected chi connectivity index (χ2v) is 6.13. The molecule has 0 heterocycles. The van der Waals surface area contributed by atoms with Gasteiger partial charge in [0.05, 0.1) is 18.2 Å². The van der Waals surface area contributed by atoms with Crippen LogP contribution in [0.3, 0.4) is 0 Å². The van der Waals surface area contributed by atoms with Gasteiger partial charge in [-0.1, -0.05) is 0 Å². The number of benzene rings is 2. The molecule has 0 bridgehead atoms. The minimum Gasteiger partial charge on any atom is -0.478 e. The highest BCUT2D eigenvalue weighted by Gasteiger charge is 2.11. The van der Waals surface area contributed by atoms with Crippen molar-refractivity contribution in [3.63, 3.8) is 0 Å². The molecule has 0 saturated heterocycles. The van der Waals surface area contributed by atoms with E-state index in [1.807, 2.05) is 44.1 Å². The van der Waals surface area contributed by atoms with Gasteiger partial charge in [0.1, 0.15) is 0 Å². The van der Waals surface area contributed by atoms with Crippen molar-refractivity contribution in [2.45, 2.75) is 0 Å². The lowest BCUT2D eigenvalue weighted by molar-refractivity contribution is 0.0601. The fraction of sp³-hybridized carbons (Fsp3) is 0.263. The summed E-state index contributed by atoms with van der Waals surface area (Å²) in [6.45, 7) is 0. The molecule has 0 fully saturated rings. The van der Waals surface area contributed by atoms with Gasteiger partial charge < -0.3 is 31.1 Å². The summed E-state index contributed by atoms with van der Waals surface area (Å²) in [5.74, 6) is -1.41. The van der Waals surface area contributed by atoms with Crippen LogP contribution in [0.4, 0.5) is 22.7 Å². The number of nitrogens with two attached hydrogens (primary N) is 2. The number of hydrogen-bond donors (Lipinski definition) is 3. The summed E-state index contributed by atoms with van der Waals surface area (Å²) in [7, 11) is 8.82. The molecular formula is C19H26N4O4. The lowest BCUT2D eigenvalue weighted by Crippen LogP contribution is -2.11. The molecule has 0 saturated carbocycles. The van der Waals surface area contributed by atoms with Crippen LogP contribution in [0.25, 0.3) is 0 Å². The summed E-state index contributed by atoms with van der Waals surface area (Å²) >= 11 is 0. The number of carbonyl (C=O) groups excluding carboxylic acids is 1. The minimum absolute atomic E-state index is 0.145. The van der Waals surface area contributed by atoms with Gasteiger partial charge >= 0.3 is 11.9 Å². The number of aromatic carboxylic acids is 1. The third-order valence-corrected chi connectivity index (χ3v) is 3.74. The molecule has 0 aliphatic carbocycles. The van der Waals surface area contributed by atoms with Crippen molar-refractivity contribution in [2.75, 3.05) is 56.6 Å². The zero-order chi connectivity index (χ0) is 20.7. The number of nitrogen functional groups attached to an aromatic ring is 2. The molecule has 0 aromatic heterocycles. The van der Waals surface area contributed by atoms with E-state index in [0.717, 1.165) is 11.4 Å². The molecule has 0 aliphatic heterocycles. The standard InChI is InChI=1S/C10H14N2O2.C9H12N2O2/c1-12(2)7-4-5-9(11)8(6-7)10(13)14-3;1-11(2)6-3-4-8(10)7(5-6)9(12)13/h4-6H,11H2,1-3H3;3-5H,10H2,1-2H3,(H,12,13). The lowest BCUT2D eigenvalue weighted by Gasteiger charge is -2.14. The highest BCUT2D eigenvalue weighted by molar-refractivity contribution is 5.96. The molecule has 8 nitrogen and oxygen atoms in total. The van der Waals surface area contributed by atoms with Gasteiger partial charge in [-0.15, -0.1) is 0 Å². The van der Waals surface area contributed by atoms with Gasteiger partial charge in [0.2, 0.25) is 0 Å². The van der Waals surface area contributed by atoms with Crippen LogP contribution < -0.4 is 21.3 Å². The Morgan fingerprint density at radius 2 is 1.26 bits per heavy atom. The molecule has 5 N–H and O–H groups in total. The Hall–Kier alpha value is -3.42. The van der Waals surface area contributed by atoms with E-state index in [9.17, 15) is 9.59 Å². The zero-order valence-corrected chi connectivity index (χ0v) is 16.2. The molecule has 27 heavy (non-hydrogen) atoms. The number of carboxylic acids is 1. The van der Waals surface area contributed by atoms with Crippen molar-refractivity contribution in [1.29, 1.82) is 0 Å². The maximum absolute atomic E-state index is 11.3. The fourth-order valence-corrected chi connectivity index (χ4v) is 2.12. The van der Waals surface area contributed by atoms with Gasteiger partial charge in [-0.25, -0.2) is 9.59 Å². The molecule has 0 amide bonds. The van der Waals surface area contributed by atoms with Gasteiger partial charge in [0.15, 0.2) is 0 Å². The van der Waals surface area contributed by atoms with E-state index >= 15 is 0 Å². The van der Waals surface area contributed by atoms with Crippen molar-refractivity contribution in [3.05, 3.63) is 47.5 Å². The summed E-state index contributed by atoms with van der Waals surface area (Å²) in [6.07, 6.45) is 0. The Labute approximate surface area is 158 Å². The molecule has 2 aromatic rings. The van der Waals surface area contributed by atoms with E-state index < -0.39 is 11.9 Å². The molecule has 8 heteroatoms. The van der Waals surface area contributed by atoms with Crippen LogP contribution in [0.5, 0.6) is 0 Å². The lowest BCUT2D eigenvalue weighted by atomic mass is 10.1. The number of anilines is 4. The number of hydrogen-bond acceptors (Lipinski definition) is 7. The zero-order valence-electron chi connectivity index (χ0n) is 16.2. The molecular weight excluding hydrogens is 348 g/mol. The van der Waals surface area contributed by atoms with E-state index in [4.69, 9.17) is 16.6 Å². The first-order valence-electron chi connectivity index (χ1n) is 8.03. The van der Waals surface area contributed by atoms with Crippen LogP contribution in [0, 0.1) is 0 Å². The summed E-state index contributed by atoms with van der Waals surface area (Å²) in [5.41, 5.74) is 14.1. The average Bonchev–Trinajstić information content (AvgIpc) is 2.61. The maximum atomic E-state index is 11.3. The van der Waals surface area contributed by atoms with Crippen molar-refractivity contribution in [1.82, 2.24) is 0 Å². The molecule has 0 unspecified atom stereocenters. The predicted octanol–water partition coefficient (Wildman–Crippen LogP) is 2.15. The molecule has 0 spiro atoms. The minimum atomic E-state index is -0.999.